The highest BCUT2D eigenvalue weighted by Crippen LogP contribution is 2.66. The fourth-order valence-electron chi connectivity index (χ4n) is 11.9. The average molecular weight is 845 g/mol. The minimum absolute atomic E-state index is 0.000262. The first-order chi connectivity index (χ1) is 32.1. The van der Waals surface area contributed by atoms with Crippen LogP contribution in [-0.2, 0) is 5.41 Å². The molecule has 0 saturated heterocycles. The molecule has 0 N–H and O–H groups in total. The van der Waals surface area contributed by atoms with Gasteiger partial charge in [-0.05, 0) is 123 Å². The Morgan fingerprint density at radius 2 is 1.00 bits per heavy atom. The molecule has 3 heterocycles. The quantitative estimate of drug-likeness (QED) is 0.163. The van der Waals surface area contributed by atoms with Crippen LogP contribution in [0.4, 0.5) is 34.1 Å². The van der Waals surface area contributed by atoms with Gasteiger partial charge in [-0.1, -0.05) is 181 Å². The third kappa shape index (κ3) is 4.95. The molecular weight excluding hydrogens is 804 g/mol. The first-order valence-corrected chi connectivity index (χ1v) is 23.5. The second-order valence-electron chi connectivity index (χ2n) is 18.1. The van der Waals surface area contributed by atoms with Crippen molar-refractivity contribution in [3.8, 4) is 44.5 Å². The molecule has 4 heteroatoms. The van der Waals surface area contributed by atoms with E-state index in [2.05, 4.69) is 236 Å². The lowest BCUT2D eigenvalue weighted by Crippen LogP contribution is -2.60. The molecule has 0 saturated carbocycles. The lowest BCUT2D eigenvalue weighted by molar-refractivity contribution is 0.811. The molecule has 0 bridgehead atoms. The van der Waals surface area contributed by atoms with Gasteiger partial charge in [-0.15, -0.1) is 11.3 Å². The normalized spacial score (nSPS) is 14.0. The number of anilines is 6. The molecular formula is C61H41BN2S. The van der Waals surface area contributed by atoms with Gasteiger partial charge < -0.3 is 9.80 Å². The third-order valence-corrected chi connectivity index (χ3v) is 15.9. The van der Waals surface area contributed by atoms with E-state index in [1.807, 2.05) is 11.3 Å². The van der Waals surface area contributed by atoms with E-state index in [0.29, 0.717) is 0 Å². The van der Waals surface area contributed by atoms with Crippen molar-refractivity contribution in [2.45, 2.75) is 19.3 Å². The van der Waals surface area contributed by atoms with Gasteiger partial charge in [-0.25, -0.2) is 0 Å². The van der Waals surface area contributed by atoms with E-state index in [4.69, 9.17) is 0 Å². The van der Waals surface area contributed by atoms with Crippen molar-refractivity contribution in [1.29, 1.82) is 0 Å². The zero-order valence-electron chi connectivity index (χ0n) is 36.1. The maximum atomic E-state index is 2.61. The van der Waals surface area contributed by atoms with E-state index in [0.717, 1.165) is 5.69 Å². The van der Waals surface area contributed by atoms with Crippen molar-refractivity contribution in [3.05, 3.63) is 245 Å². The minimum Gasteiger partial charge on any atom is -0.311 e. The van der Waals surface area contributed by atoms with E-state index in [1.54, 1.807) is 0 Å². The summed E-state index contributed by atoms with van der Waals surface area (Å²) in [7, 11) is 0. The number of aryl methyl sites for hydroxylation is 2. The molecule has 304 valence electrons. The third-order valence-electron chi connectivity index (χ3n) is 14.6. The standard InChI is InChI=1S/C61H41BN2S/c1-38-28-32-43(33-29-38)64-54-27-15-26-53-57(54)62(52-35-31-41(37-55(52)63(53)42-18-7-4-8-19-42)48-36-39(2)30-34-44(48)40-16-5-3-6-17-40)60-58(64)56-47-22-11-14-25-51(47)61(59(56)65-60)49-23-12-9-20-45(49)46-21-10-13-24-50(46)61/h3-37H,1-2H3. The average Bonchev–Trinajstić information content (AvgIpc) is 3.99. The Labute approximate surface area is 384 Å². The Bertz CT molecular complexity index is 3540. The summed E-state index contributed by atoms with van der Waals surface area (Å²) in [6, 6.07) is 79.9. The maximum Gasteiger partial charge on any atom is 0.264 e. The van der Waals surface area contributed by atoms with Gasteiger partial charge in [0.15, 0.2) is 0 Å². The lowest BCUT2D eigenvalue weighted by Gasteiger charge is -2.43. The number of fused-ring (bicyclic) bond motifs is 15. The summed E-state index contributed by atoms with van der Waals surface area (Å²) in [4.78, 5) is 6.57. The van der Waals surface area contributed by atoms with Gasteiger partial charge >= 0.3 is 0 Å². The molecule has 0 atom stereocenters. The number of rotatable bonds is 4. The van der Waals surface area contributed by atoms with Crippen molar-refractivity contribution in [3.63, 3.8) is 0 Å². The first kappa shape index (κ1) is 36.8. The highest BCUT2D eigenvalue weighted by molar-refractivity contribution is 7.30. The number of hydrogen-bond donors (Lipinski definition) is 0. The van der Waals surface area contributed by atoms with Gasteiger partial charge in [0.05, 0.1) is 11.1 Å². The molecule has 0 amide bonds. The number of para-hydroxylation sites is 1. The zero-order chi connectivity index (χ0) is 43.0. The molecule has 2 aliphatic carbocycles. The maximum absolute atomic E-state index is 2.61. The van der Waals surface area contributed by atoms with Crippen LogP contribution in [-0.4, -0.2) is 6.71 Å². The van der Waals surface area contributed by atoms with E-state index < -0.39 is 5.41 Å². The molecule has 14 rings (SSSR count). The van der Waals surface area contributed by atoms with Crippen LogP contribution in [0.1, 0.15) is 32.7 Å². The van der Waals surface area contributed by atoms with Crippen molar-refractivity contribution in [1.82, 2.24) is 0 Å². The largest absolute Gasteiger partial charge is 0.311 e. The summed E-state index contributed by atoms with van der Waals surface area (Å²) in [5.41, 5.74) is 26.4. The van der Waals surface area contributed by atoms with Gasteiger partial charge in [0, 0.05) is 43.7 Å². The van der Waals surface area contributed by atoms with Crippen LogP contribution in [0, 0.1) is 13.8 Å². The van der Waals surface area contributed by atoms with Crippen LogP contribution in [0.25, 0.3) is 44.5 Å². The van der Waals surface area contributed by atoms with Crippen molar-refractivity contribution in [2.75, 3.05) is 9.80 Å². The van der Waals surface area contributed by atoms with Crippen LogP contribution in [0.5, 0.6) is 0 Å². The van der Waals surface area contributed by atoms with Gasteiger partial charge in [-0.3, -0.25) is 0 Å². The summed E-state index contributed by atoms with van der Waals surface area (Å²) in [5, 5.41) is 0. The molecule has 65 heavy (non-hydrogen) atoms. The summed E-state index contributed by atoms with van der Waals surface area (Å²) in [6.45, 7) is 4.39. The topological polar surface area (TPSA) is 6.48 Å². The van der Waals surface area contributed by atoms with Crippen LogP contribution < -0.4 is 25.5 Å². The molecule has 1 aromatic heterocycles. The molecule has 0 unspecified atom stereocenters. The number of nitrogens with zero attached hydrogens (tertiary/aromatic N) is 2. The highest BCUT2D eigenvalue weighted by atomic mass is 32.1. The Morgan fingerprint density at radius 1 is 0.415 bits per heavy atom. The van der Waals surface area contributed by atoms with Gasteiger partial charge in [0.1, 0.15) is 0 Å². The fraction of sp³-hybridized carbons (Fsp3) is 0.0492. The first-order valence-electron chi connectivity index (χ1n) is 22.7. The number of hydrogen-bond acceptors (Lipinski definition) is 3. The molecule has 4 aliphatic rings. The van der Waals surface area contributed by atoms with Gasteiger partial charge in [0.2, 0.25) is 0 Å². The lowest BCUT2D eigenvalue weighted by atomic mass is 9.36. The van der Waals surface area contributed by atoms with Crippen molar-refractivity contribution in [2.24, 2.45) is 0 Å². The van der Waals surface area contributed by atoms with E-state index >= 15 is 0 Å². The summed E-state index contributed by atoms with van der Waals surface area (Å²) in [5.74, 6) is 0. The summed E-state index contributed by atoms with van der Waals surface area (Å²) in [6.07, 6.45) is 0. The smallest absolute Gasteiger partial charge is 0.264 e. The van der Waals surface area contributed by atoms with Crippen LogP contribution in [0.3, 0.4) is 0 Å². The second kappa shape index (κ2) is 13.7. The van der Waals surface area contributed by atoms with Crippen LogP contribution >= 0.6 is 11.3 Å². The summed E-state index contributed by atoms with van der Waals surface area (Å²) >= 11 is 2.05. The van der Waals surface area contributed by atoms with Gasteiger partial charge in [0.25, 0.3) is 6.71 Å². The molecule has 2 nitrogen and oxygen atoms in total. The SMILES string of the molecule is Cc1ccc(N2c3cccc4c3B(c3ccc(-c5cc(C)ccc5-c5ccccc5)cc3N4c3ccccc3)c3sc4c(c32)-c2ccccc2C42c3ccccc3-c3ccccc32)cc1. The predicted octanol–water partition coefficient (Wildman–Crippen LogP) is 14.1. The van der Waals surface area contributed by atoms with Crippen LogP contribution in [0.15, 0.2) is 212 Å². The second-order valence-corrected chi connectivity index (χ2v) is 19.1. The Balaban J connectivity index is 1.09. The molecule has 1 spiro atoms. The summed E-state index contributed by atoms with van der Waals surface area (Å²) < 4.78 is 1.40. The Kier molecular flexibility index (Phi) is 7.74. The van der Waals surface area contributed by atoms with Crippen molar-refractivity contribution < 1.29 is 0 Å². The van der Waals surface area contributed by atoms with E-state index in [1.165, 1.54) is 121 Å². The van der Waals surface area contributed by atoms with Gasteiger partial charge in [-0.2, -0.15) is 0 Å². The minimum atomic E-state index is -0.439. The monoisotopic (exact) mass is 844 g/mol. The zero-order valence-corrected chi connectivity index (χ0v) is 36.9. The van der Waals surface area contributed by atoms with Crippen LogP contribution in [0.2, 0.25) is 0 Å². The molecule has 9 aromatic carbocycles. The molecule has 2 aliphatic heterocycles. The number of thiophene rings is 1. The Morgan fingerprint density at radius 3 is 1.71 bits per heavy atom. The van der Waals surface area contributed by atoms with E-state index in [-0.39, 0.29) is 6.71 Å². The Hall–Kier alpha value is -7.66. The number of benzene rings is 9. The fourth-order valence-corrected chi connectivity index (χ4v) is 13.6. The van der Waals surface area contributed by atoms with Crippen molar-refractivity contribution >= 4 is 67.9 Å². The molecule has 0 radical (unpaired) electrons. The van der Waals surface area contributed by atoms with E-state index in [9.17, 15) is 0 Å². The molecule has 10 aromatic rings. The molecule has 0 fully saturated rings. The predicted molar refractivity (Wildman–Crippen MR) is 275 cm³/mol. The highest BCUT2D eigenvalue weighted by Gasteiger charge is 2.56.